The van der Waals surface area contributed by atoms with E-state index >= 15 is 0 Å². The Balaban J connectivity index is 2.63. The Kier molecular flexibility index (Phi) is 1.50. The molecular weight excluding hydrogens is 146 g/mol. The fraction of sp³-hybridized carbons (Fsp3) is 0.800. The van der Waals surface area contributed by atoms with Crippen LogP contribution in [0.5, 0.6) is 0 Å². The molecule has 0 amide bonds. The predicted octanol–water partition coefficient (Wildman–Crippen LogP) is 1.18. The number of cyclic esters (lactones) is 2. The second kappa shape index (κ2) is 2.07. The number of alkyl halides is 2. The number of hydrogen-bond donors (Lipinski definition) is 0. The minimum absolute atomic E-state index is 0.372. The van der Waals surface area contributed by atoms with E-state index in [1.165, 1.54) is 0 Å². The van der Waals surface area contributed by atoms with Gasteiger partial charge in [0.15, 0.2) is 0 Å². The molecule has 5 heteroatoms. The molecule has 1 fully saturated rings. The lowest BCUT2D eigenvalue weighted by atomic mass is 10.1. The summed E-state index contributed by atoms with van der Waals surface area (Å²) in [6.45, 7) is 0.756. The predicted molar refractivity (Wildman–Crippen MR) is 26.8 cm³/mol. The minimum atomic E-state index is -2.70. The van der Waals surface area contributed by atoms with Gasteiger partial charge in [0.25, 0.3) is 6.43 Å². The van der Waals surface area contributed by atoms with Crippen LogP contribution in [0, 0.1) is 0 Å². The molecule has 0 aromatic carbocycles. The Morgan fingerprint density at radius 2 is 2.30 bits per heavy atom. The normalized spacial score (nSPS) is 32.2. The van der Waals surface area contributed by atoms with Crippen LogP contribution in [0.15, 0.2) is 0 Å². The summed E-state index contributed by atoms with van der Waals surface area (Å²) in [5, 5.41) is 0. The van der Waals surface area contributed by atoms with Gasteiger partial charge in [-0.15, -0.1) is 0 Å². The van der Waals surface area contributed by atoms with Gasteiger partial charge in [-0.05, 0) is 6.92 Å². The highest BCUT2D eigenvalue weighted by molar-refractivity contribution is 5.62. The molecule has 0 saturated carbocycles. The van der Waals surface area contributed by atoms with Gasteiger partial charge in [0, 0.05) is 0 Å². The van der Waals surface area contributed by atoms with E-state index in [0.29, 0.717) is 0 Å². The zero-order valence-corrected chi connectivity index (χ0v) is 5.27. The lowest BCUT2D eigenvalue weighted by Crippen LogP contribution is -2.36. The smallest absolute Gasteiger partial charge is 0.430 e. The summed E-state index contributed by atoms with van der Waals surface area (Å²) in [7, 11) is 0. The van der Waals surface area contributed by atoms with E-state index in [0.717, 1.165) is 6.92 Å². The molecule has 1 atom stereocenters. The van der Waals surface area contributed by atoms with E-state index in [1.807, 2.05) is 0 Å². The van der Waals surface area contributed by atoms with Crippen molar-refractivity contribution < 1.29 is 23.0 Å². The number of halogens is 2. The van der Waals surface area contributed by atoms with Crippen molar-refractivity contribution in [2.24, 2.45) is 0 Å². The van der Waals surface area contributed by atoms with Crippen LogP contribution in [0.1, 0.15) is 6.92 Å². The second-order valence-electron chi connectivity index (χ2n) is 2.25. The first-order valence-electron chi connectivity index (χ1n) is 2.68. The molecule has 1 saturated heterocycles. The minimum Gasteiger partial charge on any atom is -0.430 e. The molecule has 1 aliphatic heterocycles. The highest BCUT2D eigenvalue weighted by atomic mass is 19.3. The molecule has 1 aliphatic rings. The van der Waals surface area contributed by atoms with Crippen molar-refractivity contribution in [3.63, 3.8) is 0 Å². The molecule has 0 bridgehead atoms. The standard InChI is InChI=1S/C5H6F2O3/c1-5(3(6)7)2-9-4(8)10-5/h3H,2H2,1H3/t5-/m0/s1. The Labute approximate surface area is 55.9 Å². The van der Waals surface area contributed by atoms with Gasteiger partial charge in [0.1, 0.15) is 6.61 Å². The molecular formula is C5H6F2O3. The highest BCUT2D eigenvalue weighted by Gasteiger charge is 2.46. The first-order chi connectivity index (χ1) is 4.54. The fourth-order valence-electron chi connectivity index (χ4n) is 0.559. The lowest BCUT2D eigenvalue weighted by molar-refractivity contribution is -0.0620. The summed E-state index contributed by atoms with van der Waals surface area (Å²) in [6, 6.07) is 0. The SMILES string of the molecule is C[C@@]1(C(F)F)COC(=O)O1. The third-order valence-corrected chi connectivity index (χ3v) is 1.25. The molecule has 3 nitrogen and oxygen atoms in total. The van der Waals surface area contributed by atoms with E-state index in [1.54, 1.807) is 0 Å². The number of hydrogen-bond acceptors (Lipinski definition) is 3. The summed E-state index contributed by atoms with van der Waals surface area (Å²) < 4.78 is 32.3. The first kappa shape index (κ1) is 7.24. The lowest BCUT2D eigenvalue weighted by Gasteiger charge is -2.16. The van der Waals surface area contributed by atoms with Crippen LogP contribution in [0.3, 0.4) is 0 Å². The van der Waals surface area contributed by atoms with Crippen molar-refractivity contribution in [3.05, 3.63) is 0 Å². The first-order valence-corrected chi connectivity index (χ1v) is 2.68. The third kappa shape index (κ3) is 1.03. The van der Waals surface area contributed by atoms with Gasteiger partial charge >= 0.3 is 6.16 Å². The average molecular weight is 152 g/mol. The molecule has 0 spiro atoms. The molecule has 1 rings (SSSR count). The summed E-state index contributed by atoms with van der Waals surface area (Å²) in [5.74, 6) is 0. The van der Waals surface area contributed by atoms with E-state index in [9.17, 15) is 13.6 Å². The van der Waals surface area contributed by atoms with Gasteiger partial charge in [-0.2, -0.15) is 0 Å². The molecule has 1 heterocycles. The average Bonchev–Trinajstić information content (AvgIpc) is 2.13. The van der Waals surface area contributed by atoms with E-state index in [4.69, 9.17) is 0 Å². The van der Waals surface area contributed by atoms with E-state index < -0.39 is 18.2 Å². The number of carbonyl (C=O) groups is 1. The van der Waals surface area contributed by atoms with Crippen LogP contribution in [0.2, 0.25) is 0 Å². The maximum absolute atomic E-state index is 11.9. The molecule has 0 aliphatic carbocycles. The van der Waals surface area contributed by atoms with Crippen molar-refractivity contribution >= 4 is 6.16 Å². The van der Waals surface area contributed by atoms with Crippen LogP contribution >= 0.6 is 0 Å². The molecule has 0 unspecified atom stereocenters. The highest BCUT2D eigenvalue weighted by Crippen LogP contribution is 2.26. The van der Waals surface area contributed by atoms with E-state index in [-0.39, 0.29) is 6.61 Å². The summed E-state index contributed by atoms with van der Waals surface area (Å²) >= 11 is 0. The van der Waals surface area contributed by atoms with Gasteiger partial charge in [0.05, 0.1) is 0 Å². The monoisotopic (exact) mass is 152 g/mol. The van der Waals surface area contributed by atoms with Gasteiger partial charge in [-0.3, -0.25) is 0 Å². The molecule has 58 valence electrons. The molecule has 0 N–H and O–H groups in total. The van der Waals surface area contributed by atoms with Gasteiger partial charge in [-0.1, -0.05) is 0 Å². The number of rotatable bonds is 1. The van der Waals surface area contributed by atoms with Crippen molar-refractivity contribution in [1.82, 2.24) is 0 Å². The number of carbonyl (C=O) groups excluding carboxylic acids is 1. The Morgan fingerprint density at radius 3 is 2.50 bits per heavy atom. The van der Waals surface area contributed by atoms with Crippen LogP contribution in [0.25, 0.3) is 0 Å². The zero-order valence-electron chi connectivity index (χ0n) is 5.27. The van der Waals surface area contributed by atoms with Gasteiger partial charge in [-0.25, -0.2) is 13.6 Å². The Bertz CT molecular complexity index is 159. The van der Waals surface area contributed by atoms with Gasteiger partial charge < -0.3 is 9.47 Å². The van der Waals surface area contributed by atoms with Crippen LogP contribution < -0.4 is 0 Å². The Morgan fingerprint density at radius 1 is 1.70 bits per heavy atom. The Hall–Kier alpha value is -0.870. The molecule has 0 aromatic rings. The maximum atomic E-state index is 11.9. The van der Waals surface area contributed by atoms with E-state index in [2.05, 4.69) is 9.47 Å². The van der Waals surface area contributed by atoms with Gasteiger partial charge in [0.2, 0.25) is 5.60 Å². The molecule has 10 heavy (non-hydrogen) atoms. The molecule has 0 radical (unpaired) electrons. The van der Waals surface area contributed by atoms with Crippen molar-refractivity contribution in [3.8, 4) is 0 Å². The van der Waals surface area contributed by atoms with Crippen LogP contribution in [0.4, 0.5) is 13.6 Å². The van der Waals surface area contributed by atoms with Crippen molar-refractivity contribution in [1.29, 1.82) is 0 Å². The summed E-state index contributed by atoms with van der Waals surface area (Å²) in [6.07, 6.45) is -3.72. The topological polar surface area (TPSA) is 35.5 Å². The zero-order chi connectivity index (χ0) is 7.78. The summed E-state index contributed by atoms with van der Waals surface area (Å²) in [5.41, 5.74) is -1.74. The largest absolute Gasteiger partial charge is 0.509 e. The third-order valence-electron chi connectivity index (χ3n) is 1.25. The quantitative estimate of drug-likeness (QED) is 0.529. The van der Waals surface area contributed by atoms with Crippen molar-refractivity contribution in [2.75, 3.05) is 6.61 Å². The second-order valence-corrected chi connectivity index (χ2v) is 2.25. The fourth-order valence-corrected chi connectivity index (χ4v) is 0.559. The molecule has 0 aromatic heterocycles. The van der Waals surface area contributed by atoms with Crippen molar-refractivity contribution in [2.45, 2.75) is 19.0 Å². The number of ether oxygens (including phenoxy) is 2. The summed E-state index contributed by atoms with van der Waals surface area (Å²) in [4.78, 5) is 10.2. The van der Waals surface area contributed by atoms with Crippen LogP contribution in [-0.4, -0.2) is 24.8 Å². The maximum Gasteiger partial charge on any atom is 0.509 e. The van der Waals surface area contributed by atoms with Crippen LogP contribution in [-0.2, 0) is 9.47 Å².